The largest absolute Gasteiger partial charge is 0.484 e. The molecule has 1 saturated heterocycles. The molecular weight excluding hydrogens is 430 g/mol. The van der Waals surface area contributed by atoms with Crippen molar-refractivity contribution in [1.29, 1.82) is 0 Å². The van der Waals surface area contributed by atoms with Gasteiger partial charge in [0.1, 0.15) is 5.75 Å². The Hall–Kier alpha value is -2.77. The smallest absolute Gasteiger partial charge is 0.262 e. The minimum atomic E-state index is -0.308. The number of carbonyl (C=O) groups is 2. The summed E-state index contributed by atoms with van der Waals surface area (Å²) in [6.07, 6.45) is 4.15. The van der Waals surface area contributed by atoms with E-state index in [1.807, 2.05) is 12.1 Å². The normalized spacial score (nSPS) is 13.5. The Balaban J connectivity index is 1.67. The molecule has 1 fully saturated rings. The Morgan fingerprint density at radius 2 is 1.81 bits per heavy atom. The molecule has 2 amide bonds. The van der Waals surface area contributed by atoms with Gasteiger partial charge in [0.05, 0.1) is 5.56 Å². The molecule has 2 aromatic rings. The molecule has 0 radical (unpaired) electrons. The summed E-state index contributed by atoms with van der Waals surface area (Å²) in [7, 11) is 1.64. The van der Waals surface area contributed by atoms with Gasteiger partial charge in [-0.1, -0.05) is 11.6 Å². The fourth-order valence-corrected chi connectivity index (χ4v) is 3.72. The lowest BCUT2D eigenvalue weighted by molar-refractivity contribution is -0.118. The average molecular weight is 460 g/mol. The molecule has 1 aliphatic heterocycles. The van der Waals surface area contributed by atoms with Crippen LogP contribution >= 0.6 is 11.6 Å². The fraction of sp³-hybridized carbons (Fsp3) is 0.417. The van der Waals surface area contributed by atoms with Crippen LogP contribution in [0.4, 0.5) is 11.4 Å². The van der Waals surface area contributed by atoms with Crippen LogP contribution in [0.15, 0.2) is 42.5 Å². The molecule has 1 heterocycles. The molecule has 2 N–H and O–H groups in total. The number of methoxy groups -OCH3 is 1. The number of piperidine rings is 1. The zero-order valence-electron chi connectivity index (χ0n) is 18.4. The van der Waals surface area contributed by atoms with E-state index < -0.39 is 0 Å². The topological polar surface area (TPSA) is 79.9 Å². The molecule has 8 heteroatoms. The molecule has 2 aromatic carbocycles. The summed E-state index contributed by atoms with van der Waals surface area (Å²) in [4.78, 5) is 27.5. The van der Waals surface area contributed by atoms with E-state index in [-0.39, 0.29) is 18.4 Å². The predicted octanol–water partition coefficient (Wildman–Crippen LogP) is 4.11. The number of anilines is 2. The van der Waals surface area contributed by atoms with E-state index in [4.69, 9.17) is 21.1 Å². The van der Waals surface area contributed by atoms with Crippen molar-refractivity contribution in [3.05, 3.63) is 53.1 Å². The molecule has 0 unspecified atom stereocenters. The van der Waals surface area contributed by atoms with Gasteiger partial charge in [-0.05, 0) is 68.1 Å². The van der Waals surface area contributed by atoms with Crippen LogP contribution in [0.3, 0.4) is 0 Å². The van der Waals surface area contributed by atoms with Gasteiger partial charge in [-0.25, -0.2) is 0 Å². The van der Waals surface area contributed by atoms with Crippen molar-refractivity contribution >= 4 is 34.8 Å². The van der Waals surface area contributed by atoms with Crippen LogP contribution in [-0.2, 0) is 9.53 Å². The number of nitrogens with one attached hydrogen (secondary N) is 2. The Morgan fingerprint density at radius 3 is 2.53 bits per heavy atom. The maximum Gasteiger partial charge on any atom is 0.262 e. The van der Waals surface area contributed by atoms with Crippen LogP contribution in [0.25, 0.3) is 0 Å². The maximum atomic E-state index is 12.9. The van der Waals surface area contributed by atoms with E-state index in [0.717, 1.165) is 38.0 Å². The van der Waals surface area contributed by atoms with E-state index in [9.17, 15) is 9.59 Å². The number of halogens is 1. The van der Waals surface area contributed by atoms with Crippen molar-refractivity contribution in [1.82, 2.24) is 5.32 Å². The highest BCUT2D eigenvalue weighted by atomic mass is 35.5. The number of benzene rings is 2. The van der Waals surface area contributed by atoms with Crippen molar-refractivity contribution in [3.63, 3.8) is 0 Å². The molecule has 0 saturated carbocycles. The Kier molecular flexibility index (Phi) is 9.19. The number of hydrogen-bond donors (Lipinski definition) is 2. The molecule has 0 atom stereocenters. The molecule has 32 heavy (non-hydrogen) atoms. The second-order valence-corrected chi connectivity index (χ2v) is 8.11. The summed E-state index contributed by atoms with van der Waals surface area (Å²) < 4.78 is 10.5. The number of rotatable bonds is 10. The first kappa shape index (κ1) is 23.9. The van der Waals surface area contributed by atoms with E-state index >= 15 is 0 Å². The summed E-state index contributed by atoms with van der Waals surface area (Å²) in [5.74, 6) is 0.0911. The molecule has 0 spiro atoms. The quantitative estimate of drug-likeness (QED) is 0.522. The lowest BCUT2D eigenvalue weighted by Gasteiger charge is -2.30. The first-order valence-corrected chi connectivity index (χ1v) is 11.3. The number of amides is 2. The third kappa shape index (κ3) is 7.14. The van der Waals surface area contributed by atoms with Crippen molar-refractivity contribution in [2.24, 2.45) is 0 Å². The standard InChI is InChI=1S/C24H30ClN3O4/c1-31-15-5-12-26-24(30)21-16-19(8-11-22(21)28-13-3-2-4-14-28)27-23(29)17-32-20-9-6-18(25)7-10-20/h6-11,16H,2-5,12-15,17H2,1H3,(H,26,30)(H,27,29). The highest BCUT2D eigenvalue weighted by Gasteiger charge is 2.19. The van der Waals surface area contributed by atoms with E-state index in [2.05, 4.69) is 15.5 Å². The van der Waals surface area contributed by atoms with Crippen LogP contribution in [0.1, 0.15) is 36.0 Å². The Labute approximate surface area is 194 Å². The van der Waals surface area contributed by atoms with Crippen molar-refractivity contribution in [2.75, 3.05) is 50.2 Å². The third-order valence-electron chi connectivity index (χ3n) is 5.22. The molecule has 172 valence electrons. The summed E-state index contributed by atoms with van der Waals surface area (Å²) >= 11 is 5.86. The second-order valence-electron chi connectivity index (χ2n) is 7.67. The Bertz CT molecular complexity index is 899. The molecular formula is C24H30ClN3O4. The van der Waals surface area contributed by atoms with E-state index in [1.54, 1.807) is 37.4 Å². The van der Waals surface area contributed by atoms with Crippen LogP contribution in [0.5, 0.6) is 5.75 Å². The van der Waals surface area contributed by atoms with Gasteiger partial charge >= 0.3 is 0 Å². The summed E-state index contributed by atoms with van der Waals surface area (Å²) in [5.41, 5.74) is 2.00. The average Bonchev–Trinajstić information content (AvgIpc) is 2.82. The second kappa shape index (κ2) is 12.3. The van der Waals surface area contributed by atoms with Gasteiger partial charge in [0.2, 0.25) is 0 Å². The van der Waals surface area contributed by atoms with Crippen molar-refractivity contribution in [3.8, 4) is 5.75 Å². The lowest BCUT2D eigenvalue weighted by Crippen LogP contribution is -2.33. The van der Waals surface area contributed by atoms with Gasteiger partial charge in [-0.15, -0.1) is 0 Å². The monoisotopic (exact) mass is 459 g/mol. The highest BCUT2D eigenvalue weighted by molar-refractivity contribution is 6.30. The van der Waals surface area contributed by atoms with Crippen LogP contribution in [-0.4, -0.2) is 51.8 Å². The van der Waals surface area contributed by atoms with Crippen LogP contribution in [0.2, 0.25) is 5.02 Å². The lowest BCUT2D eigenvalue weighted by atomic mass is 10.1. The number of ether oxygens (including phenoxy) is 2. The van der Waals surface area contributed by atoms with E-state index in [1.165, 1.54) is 6.42 Å². The SMILES string of the molecule is COCCCNC(=O)c1cc(NC(=O)COc2ccc(Cl)cc2)ccc1N1CCCCC1. The van der Waals surface area contributed by atoms with Gasteiger partial charge in [-0.3, -0.25) is 9.59 Å². The highest BCUT2D eigenvalue weighted by Crippen LogP contribution is 2.27. The van der Waals surface area contributed by atoms with Gasteiger partial charge in [0, 0.05) is 49.7 Å². The minimum absolute atomic E-state index is 0.145. The van der Waals surface area contributed by atoms with Gasteiger partial charge in [0.25, 0.3) is 11.8 Å². The number of hydrogen-bond acceptors (Lipinski definition) is 5. The third-order valence-corrected chi connectivity index (χ3v) is 5.47. The Morgan fingerprint density at radius 1 is 1.06 bits per heavy atom. The summed E-state index contributed by atoms with van der Waals surface area (Å²) in [6.45, 7) is 2.81. The number of nitrogens with zero attached hydrogens (tertiary/aromatic N) is 1. The molecule has 0 bridgehead atoms. The van der Waals surface area contributed by atoms with E-state index in [0.29, 0.717) is 35.2 Å². The van der Waals surface area contributed by atoms with Gasteiger partial charge in [-0.2, -0.15) is 0 Å². The van der Waals surface area contributed by atoms with Gasteiger partial charge < -0.3 is 25.0 Å². The first-order valence-electron chi connectivity index (χ1n) is 10.9. The zero-order valence-corrected chi connectivity index (χ0v) is 19.1. The maximum absolute atomic E-state index is 12.9. The molecule has 0 aromatic heterocycles. The van der Waals surface area contributed by atoms with Gasteiger partial charge in [0.15, 0.2) is 6.61 Å². The summed E-state index contributed by atoms with van der Waals surface area (Å²) in [6, 6.07) is 12.3. The molecule has 0 aliphatic carbocycles. The zero-order chi connectivity index (χ0) is 22.8. The van der Waals surface area contributed by atoms with Crippen LogP contribution in [0, 0.1) is 0 Å². The number of carbonyl (C=O) groups excluding carboxylic acids is 2. The van der Waals surface area contributed by atoms with Crippen LogP contribution < -0.4 is 20.3 Å². The molecule has 1 aliphatic rings. The molecule has 3 rings (SSSR count). The fourth-order valence-electron chi connectivity index (χ4n) is 3.60. The predicted molar refractivity (Wildman–Crippen MR) is 127 cm³/mol. The minimum Gasteiger partial charge on any atom is -0.484 e. The first-order chi connectivity index (χ1) is 15.6. The molecule has 7 nitrogen and oxygen atoms in total. The summed E-state index contributed by atoms with van der Waals surface area (Å²) in [5, 5.41) is 6.37. The van der Waals surface area contributed by atoms with Crippen molar-refractivity contribution in [2.45, 2.75) is 25.7 Å². The van der Waals surface area contributed by atoms with Crippen molar-refractivity contribution < 1.29 is 19.1 Å².